The maximum Gasteiger partial charge on any atom is 0.243 e. The van der Waals surface area contributed by atoms with Crippen molar-refractivity contribution in [1.29, 1.82) is 0 Å². The molecular formula is C22H19F3N2O3S. The molecule has 162 valence electrons. The van der Waals surface area contributed by atoms with E-state index in [1.165, 1.54) is 36.4 Å². The fourth-order valence-electron chi connectivity index (χ4n) is 2.81. The molecule has 0 bridgehead atoms. The van der Waals surface area contributed by atoms with Gasteiger partial charge in [-0.2, -0.15) is 4.31 Å². The molecule has 9 heteroatoms. The summed E-state index contributed by atoms with van der Waals surface area (Å²) in [4.78, 5) is 12.5. The van der Waals surface area contributed by atoms with E-state index in [9.17, 15) is 26.4 Å². The first-order valence-electron chi connectivity index (χ1n) is 9.21. The third kappa shape index (κ3) is 5.71. The van der Waals surface area contributed by atoms with Crippen molar-refractivity contribution in [3.8, 4) is 0 Å². The standard InChI is InChI=1S/C22H19F3N2O3S/c1-15-2-9-19(10-3-15)31(29,30)27(13-16-4-6-17(23)7-5-16)14-22(28)26-18-8-11-20(24)21(25)12-18/h2-12H,13-14H2,1H3,(H,26,28). The molecule has 0 fully saturated rings. The van der Waals surface area contributed by atoms with Crippen LogP contribution in [0.15, 0.2) is 71.6 Å². The summed E-state index contributed by atoms with van der Waals surface area (Å²) in [6.45, 7) is 1.02. The zero-order chi connectivity index (χ0) is 22.6. The Morgan fingerprint density at radius 3 is 2.16 bits per heavy atom. The third-order valence-electron chi connectivity index (χ3n) is 4.45. The first kappa shape index (κ1) is 22.5. The number of amides is 1. The molecule has 31 heavy (non-hydrogen) atoms. The predicted octanol–water partition coefficient (Wildman–Crippen LogP) is 4.24. The number of sulfonamides is 1. The summed E-state index contributed by atoms with van der Waals surface area (Å²) < 4.78 is 67.0. The molecule has 0 saturated carbocycles. The van der Waals surface area contributed by atoms with E-state index in [2.05, 4.69) is 5.32 Å². The molecular weight excluding hydrogens is 429 g/mol. The lowest BCUT2D eigenvalue weighted by Gasteiger charge is -2.22. The lowest BCUT2D eigenvalue weighted by molar-refractivity contribution is -0.116. The number of hydrogen-bond donors (Lipinski definition) is 1. The van der Waals surface area contributed by atoms with E-state index in [4.69, 9.17) is 0 Å². The molecule has 0 unspecified atom stereocenters. The van der Waals surface area contributed by atoms with E-state index in [1.54, 1.807) is 12.1 Å². The van der Waals surface area contributed by atoms with Crippen molar-refractivity contribution in [3.05, 3.63) is 95.3 Å². The van der Waals surface area contributed by atoms with Crippen LogP contribution < -0.4 is 5.32 Å². The van der Waals surface area contributed by atoms with Crippen LogP contribution in [0.5, 0.6) is 0 Å². The van der Waals surface area contributed by atoms with Gasteiger partial charge in [-0.3, -0.25) is 4.79 Å². The Labute approximate surface area is 178 Å². The molecule has 0 spiro atoms. The normalized spacial score (nSPS) is 11.5. The van der Waals surface area contributed by atoms with Crippen LogP contribution >= 0.6 is 0 Å². The quantitative estimate of drug-likeness (QED) is 0.588. The summed E-state index contributed by atoms with van der Waals surface area (Å²) in [5, 5.41) is 2.36. The second-order valence-corrected chi connectivity index (χ2v) is 8.83. The van der Waals surface area contributed by atoms with E-state index in [1.807, 2.05) is 6.92 Å². The smallest absolute Gasteiger partial charge is 0.243 e. The zero-order valence-corrected chi connectivity index (χ0v) is 17.3. The molecule has 0 atom stereocenters. The van der Waals surface area contributed by atoms with Crippen molar-refractivity contribution in [2.24, 2.45) is 0 Å². The third-order valence-corrected chi connectivity index (χ3v) is 6.26. The van der Waals surface area contributed by atoms with Crippen molar-refractivity contribution >= 4 is 21.6 Å². The number of nitrogens with one attached hydrogen (secondary N) is 1. The highest BCUT2D eigenvalue weighted by Gasteiger charge is 2.27. The van der Waals surface area contributed by atoms with Crippen molar-refractivity contribution in [2.75, 3.05) is 11.9 Å². The van der Waals surface area contributed by atoms with E-state index in [-0.39, 0.29) is 17.1 Å². The lowest BCUT2D eigenvalue weighted by atomic mass is 10.2. The summed E-state index contributed by atoms with van der Waals surface area (Å²) in [7, 11) is -4.08. The molecule has 0 aromatic heterocycles. The number of benzene rings is 3. The molecule has 0 aliphatic heterocycles. The van der Waals surface area contributed by atoms with Gasteiger partial charge < -0.3 is 5.32 Å². The first-order chi connectivity index (χ1) is 14.6. The van der Waals surface area contributed by atoms with E-state index >= 15 is 0 Å². The van der Waals surface area contributed by atoms with Gasteiger partial charge in [0.1, 0.15) is 5.82 Å². The van der Waals surface area contributed by atoms with Crippen molar-refractivity contribution < 1.29 is 26.4 Å². The van der Waals surface area contributed by atoms with E-state index in [0.717, 1.165) is 28.1 Å². The molecule has 3 aromatic carbocycles. The molecule has 3 aromatic rings. The van der Waals surface area contributed by atoms with Gasteiger partial charge in [0.2, 0.25) is 15.9 Å². The SMILES string of the molecule is Cc1ccc(S(=O)(=O)N(CC(=O)Nc2ccc(F)c(F)c2)Cc2ccc(F)cc2)cc1. The Morgan fingerprint density at radius 1 is 0.903 bits per heavy atom. The second-order valence-electron chi connectivity index (χ2n) is 6.89. The van der Waals surface area contributed by atoms with Crippen LogP contribution in [0.25, 0.3) is 0 Å². The summed E-state index contributed by atoms with van der Waals surface area (Å²) in [6.07, 6.45) is 0. The minimum atomic E-state index is -4.08. The Morgan fingerprint density at radius 2 is 1.55 bits per heavy atom. The fraction of sp³-hybridized carbons (Fsp3) is 0.136. The summed E-state index contributed by atoms with van der Waals surface area (Å²) >= 11 is 0. The Kier molecular flexibility index (Phi) is 6.77. The first-order valence-corrected chi connectivity index (χ1v) is 10.7. The zero-order valence-electron chi connectivity index (χ0n) is 16.5. The van der Waals surface area contributed by atoms with Crippen molar-refractivity contribution in [3.63, 3.8) is 0 Å². The van der Waals surface area contributed by atoms with E-state index in [0.29, 0.717) is 5.56 Å². The molecule has 3 rings (SSSR count). The van der Waals surface area contributed by atoms with Gasteiger partial charge in [-0.25, -0.2) is 21.6 Å². The number of halogens is 3. The van der Waals surface area contributed by atoms with Crippen LogP contribution in [0.2, 0.25) is 0 Å². The Hall–Kier alpha value is -3.17. The number of rotatable bonds is 7. The van der Waals surface area contributed by atoms with Gasteiger partial charge in [0.05, 0.1) is 11.4 Å². The van der Waals surface area contributed by atoms with Crippen LogP contribution in [-0.2, 0) is 21.4 Å². The maximum atomic E-state index is 13.4. The highest BCUT2D eigenvalue weighted by atomic mass is 32.2. The monoisotopic (exact) mass is 448 g/mol. The molecule has 0 heterocycles. The minimum Gasteiger partial charge on any atom is -0.325 e. The van der Waals surface area contributed by atoms with Crippen LogP contribution in [0.3, 0.4) is 0 Å². The fourth-order valence-corrected chi connectivity index (χ4v) is 4.20. The topological polar surface area (TPSA) is 66.5 Å². The molecule has 1 N–H and O–H groups in total. The average Bonchev–Trinajstić information content (AvgIpc) is 2.72. The molecule has 0 radical (unpaired) electrons. The summed E-state index contributed by atoms with van der Waals surface area (Å²) in [5.41, 5.74) is 1.32. The van der Waals surface area contributed by atoms with Gasteiger partial charge in [0.25, 0.3) is 0 Å². The summed E-state index contributed by atoms with van der Waals surface area (Å²) in [5.74, 6) is -3.44. The number of nitrogens with zero attached hydrogens (tertiary/aromatic N) is 1. The number of anilines is 1. The molecule has 0 aliphatic rings. The van der Waals surface area contributed by atoms with Crippen LogP contribution in [0, 0.1) is 24.4 Å². The number of hydrogen-bond acceptors (Lipinski definition) is 3. The maximum absolute atomic E-state index is 13.4. The largest absolute Gasteiger partial charge is 0.325 e. The second kappa shape index (κ2) is 9.32. The van der Waals surface area contributed by atoms with Crippen LogP contribution in [-0.4, -0.2) is 25.2 Å². The number of carbonyl (C=O) groups is 1. The Balaban J connectivity index is 1.87. The van der Waals surface area contributed by atoms with Gasteiger partial charge in [-0.15, -0.1) is 0 Å². The van der Waals surface area contributed by atoms with Crippen LogP contribution in [0.4, 0.5) is 18.9 Å². The van der Waals surface area contributed by atoms with Crippen LogP contribution in [0.1, 0.15) is 11.1 Å². The summed E-state index contributed by atoms with van der Waals surface area (Å²) in [6, 6.07) is 14.1. The minimum absolute atomic E-state index is 0.0131. The lowest BCUT2D eigenvalue weighted by Crippen LogP contribution is -2.37. The molecule has 0 saturated heterocycles. The number of aryl methyl sites for hydroxylation is 1. The van der Waals surface area contributed by atoms with Gasteiger partial charge in [-0.1, -0.05) is 29.8 Å². The van der Waals surface area contributed by atoms with Gasteiger partial charge in [0.15, 0.2) is 11.6 Å². The van der Waals surface area contributed by atoms with Gasteiger partial charge >= 0.3 is 0 Å². The average molecular weight is 448 g/mol. The molecule has 5 nitrogen and oxygen atoms in total. The number of carbonyl (C=O) groups excluding carboxylic acids is 1. The Bertz CT molecular complexity index is 1180. The predicted molar refractivity (Wildman–Crippen MR) is 110 cm³/mol. The van der Waals surface area contributed by atoms with Crippen molar-refractivity contribution in [1.82, 2.24) is 4.31 Å². The molecule has 1 amide bonds. The highest BCUT2D eigenvalue weighted by Crippen LogP contribution is 2.20. The van der Waals surface area contributed by atoms with Gasteiger partial charge in [0, 0.05) is 18.3 Å². The van der Waals surface area contributed by atoms with E-state index < -0.39 is 39.9 Å². The van der Waals surface area contributed by atoms with Crippen molar-refractivity contribution in [2.45, 2.75) is 18.4 Å². The highest BCUT2D eigenvalue weighted by molar-refractivity contribution is 7.89. The molecule has 0 aliphatic carbocycles. The van der Waals surface area contributed by atoms with Gasteiger partial charge in [-0.05, 0) is 48.9 Å².